The van der Waals surface area contributed by atoms with Gasteiger partial charge in [0.15, 0.2) is 0 Å². The summed E-state index contributed by atoms with van der Waals surface area (Å²) in [6.45, 7) is 6.84. The highest BCUT2D eigenvalue weighted by atomic mass is 16.5. The summed E-state index contributed by atoms with van der Waals surface area (Å²) in [7, 11) is 2.11. The molecule has 2 aliphatic rings. The SMILES string of the molecule is CCCC(O)COc1cccc(-c2cc(N(C)C3CCOCC3)nc(N3CCOCC3)n2)c1. The topological polar surface area (TPSA) is 80.2 Å². The molecule has 1 N–H and O–H groups in total. The third kappa shape index (κ3) is 6.34. The quantitative estimate of drug-likeness (QED) is 0.617. The molecule has 0 saturated carbocycles. The van der Waals surface area contributed by atoms with E-state index in [9.17, 15) is 5.11 Å². The minimum absolute atomic E-state index is 0.290. The number of anilines is 2. The minimum Gasteiger partial charge on any atom is -0.491 e. The molecule has 1 atom stereocenters. The first-order chi connectivity index (χ1) is 16.1. The molecule has 2 saturated heterocycles. The van der Waals surface area contributed by atoms with E-state index in [0.717, 1.165) is 80.8 Å². The lowest BCUT2D eigenvalue weighted by Gasteiger charge is -2.33. The average Bonchev–Trinajstić information content (AvgIpc) is 2.88. The van der Waals surface area contributed by atoms with E-state index in [0.29, 0.717) is 19.3 Å². The monoisotopic (exact) mass is 456 g/mol. The second kappa shape index (κ2) is 11.6. The van der Waals surface area contributed by atoms with Gasteiger partial charge in [0.2, 0.25) is 5.95 Å². The van der Waals surface area contributed by atoms with E-state index in [2.05, 4.69) is 29.8 Å². The fourth-order valence-electron chi connectivity index (χ4n) is 4.27. The molecule has 0 amide bonds. The van der Waals surface area contributed by atoms with Crippen LogP contribution in [-0.2, 0) is 9.47 Å². The van der Waals surface area contributed by atoms with Gasteiger partial charge < -0.3 is 29.1 Å². The van der Waals surface area contributed by atoms with Gasteiger partial charge in [0.05, 0.1) is 25.0 Å². The molecule has 1 aromatic heterocycles. The molecule has 2 aliphatic heterocycles. The van der Waals surface area contributed by atoms with Crippen molar-refractivity contribution in [3.63, 3.8) is 0 Å². The summed E-state index contributed by atoms with van der Waals surface area (Å²) < 4.78 is 16.9. The Balaban J connectivity index is 1.61. The molecule has 8 nitrogen and oxygen atoms in total. The Hall–Kier alpha value is -2.42. The Morgan fingerprint density at radius 2 is 1.88 bits per heavy atom. The molecule has 1 unspecified atom stereocenters. The summed E-state index contributed by atoms with van der Waals surface area (Å²) in [6.07, 6.45) is 3.19. The van der Waals surface area contributed by atoms with Crippen molar-refractivity contribution >= 4 is 11.8 Å². The van der Waals surface area contributed by atoms with Crippen molar-refractivity contribution in [3.8, 4) is 17.0 Å². The standard InChI is InChI=1S/C25H36N4O4/c1-3-5-21(30)18-33-22-7-4-6-19(16-22)23-17-24(28(2)20-8-12-31-13-9-20)27-25(26-23)29-10-14-32-15-11-29/h4,6-7,16-17,20-21,30H,3,5,8-15,18H2,1-2H3. The number of hydrogen-bond donors (Lipinski definition) is 1. The number of ether oxygens (including phenoxy) is 3. The van der Waals surface area contributed by atoms with E-state index in [-0.39, 0.29) is 6.61 Å². The predicted molar refractivity (Wildman–Crippen MR) is 129 cm³/mol. The third-order valence-electron chi connectivity index (χ3n) is 6.29. The van der Waals surface area contributed by atoms with Gasteiger partial charge in [-0.05, 0) is 31.4 Å². The van der Waals surface area contributed by atoms with Crippen LogP contribution in [0.2, 0.25) is 0 Å². The molecule has 2 fully saturated rings. The average molecular weight is 457 g/mol. The number of aromatic nitrogens is 2. The molecule has 180 valence electrons. The zero-order valence-corrected chi connectivity index (χ0v) is 19.8. The van der Waals surface area contributed by atoms with Crippen LogP contribution in [0.15, 0.2) is 30.3 Å². The Labute approximate surface area is 196 Å². The molecule has 8 heteroatoms. The van der Waals surface area contributed by atoms with Crippen LogP contribution in [0.4, 0.5) is 11.8 Å². The number of benzene rings is 1. The van der Waals surface area contributed by atoms with Gasteiger partial charge in [0.1, 0.15) is 18.2 Å². The van der Waals surface area contributed by atoms with Crippen LogP contribution < -0.4 is 14.5 Å². The van der Waals surface area contributed by atoms with Crippen molar-refractivity contribution in [1.82, 2.24) is 9.97 Å². The summed E-state index contributed by atoms with van der Waals surface area (Å²) >= 11 is 0. The molecule has 1 aromatic carbocycles. The lowest BCUT2D eigenvalue weighted by atomic mass is 10.1. The highest BCUT2D eigenvalue weighted by molar-refractivity contribution is 5.66. The number of morpholine rings is 1. The highest BCUT2D eigenvalue weighted by Crippen LogP contribution is 2.29. The minimum atomic E-state index is -0.453. The molecule has 0 aliphatic carbocycles. The summed E-state index contributed by atoms with van der Waals surface area (Å²) in [6, 6.07) is 10.4. The first-order valence-electron chi connectivity index (χ1n) is 12.1. The molecule has 0 radical (unpaired) electrons. The van der Waals surface area contributed by atoms with Crippen LogP contribution in [0.5, 0.6) is 5.75 Å². The third-order valence-corrected chi connectivity index (χ3v) is 6.29. The number of hydrogen-bond acceptors (Lipinski definition) is 8. The molecule has 3 heterocycles. The lowest BCUT2D eigenvalue weighted by Crippen LogP contribution is -2.39. The molecule has 0 bridgehead atoms. The van der Waals surface area contributed by atoms with E-state index in [4.69, 9.17) is 24.2 Å². The number of aliphatic hydroxyl groups excluding tert-OH is 1. The fourth-order valence-corrected chi connectivity index (χ4v) is 4.27. The van der Waals surface area contributed by atoms with Crippen molar-refractivity contribution < 1.29 is 19.3 Å². The fraction of sp³-hybridized carbons (Fsp3) is 0.600. The van der Waals surface area contributed by atoms with Gasteiger partial charge in [-0.3, -0.25) is 0 Å². The van der Waals surface area contributed by atoms with Crippen LogP contribution >= 0.6 is 0 Å². The largest absolute Gasteiger partial charge is 0.491 e. The van der Waals surface area contributed by atoms with Gasteiger partial charge in [0, 0.05) is 51.0 Å². The number of aliphatic hydroxyl groups is 1. The maximum Gasteiger partial charge on any atom is 0.228 e. The van der Waals surface area contributed by atoms with Crippen LogP contribution in [0.25, 0.3) is 11.3 Å². The van der Waals surface area contributed by atoms with Crippen LogP contribution in [-0.4, -0.2) is 80.4 Å². The van der Waals surface area contributed by atoms with Crippen molar-refractivity contribution in [2.24, 2.45) is 0 Å². The van der Waals surface area contributed by atoms with Gasteiger partial charge >= 0.3 is 0 Å². The first kappa shape index (κ1) is 23.7. The lowest BCUT2D eigenvalue weighted by molar-refractivity contribution is 0.0853. The van der Waals surface area contributed by atoms with Gasteiger partial charge in [-0.25, -0.2) is 4.98 Å². The van der Waals surface area contributed by atoms with E-state index < -0.39 is 6.10 Å². The normalized spacial score (nSPS) is 18.2. The Morgan fingerprint density at radius 1 is 1.12 bits per heavy atom. The zero-order valence-electron chi connectivity index (χ0n) is 19.8. The van der Waals surface area contributed by atoms with E-state index in [1.54, 1.807) is 0 Å². The first-order valence-corrected chi connectivity index (χ1v) is 12.1. The van der Waals surface area contributed by atoms with Crippen molar-refractivity contribution in [2.75, 3.05) is 63.0 Å². The van der Waals surface area contributed by atoms with Crippen molar-refractivity contribution in [2.45, 2.75) is 44.8 Å². The predicted octanol–water partition coefficient (Wildman–Crippen LogP) is 3.14. The van der Waals surface area contributed by atoms with Gasteiger partial charge in [-0.2, -0.15) is 4.98 Å². The van der Waals surface area contributed by atoms with Gasteiger partial charge in [0.25, 0.3) is 0 Å². The smallest absolute Gasteiger partial charge is 0.228 e. The molecule has 4 rings (SSSR count). The molecule has 33 heavy (non-hydrogen) atoms. The van der Waals surface area contributed by atoms with Crippen molar-refractivity contribution in [1.29, 1.82) is 0 Å². The molecular formula is C25H36N4O4. The number of nitrogens with zero attached hydrogens (tertiary/aromatic N) is 4. The van der Waals surface area contributed by atoms with E-state index in [1.165, 1.54) is 0 Å². The van der Waals surface area contributed by atoms with Crippen LogP contribution in [0.3, 0.4) is 0 Å². The highest BCUT2D eigenvalue weighted by Gasteiger charge is 2.23. The molecule has 0 spiro atoms. The van der Waals surface area contributed by atoms with Crippen LogP contribution in [0, 0.1) is 0 Å². The van der Waals surface area contributed by atoms with Crippen molar-refractivity contribution in [3.05, 3.63) is 30.3 Å². The summed E-state index contributed by atoms with van der Waals surface area (Å²) in [5, 5.41) is 10.0. The maximum atomic E-state index is 10.0. The van der Waals surface area contributed by atoms with Crippen LogP contribution in [0.1, 0.15) is 32.6 Å². The summed E-state index contributed by atoms with van der Waals surface area (Å²) in [5.74, 6) is 2.38. The van der Waals surface area contributed by atoms with Gasteiger partial charge in [-0.1, -0.05) is 25.5 Å². The van der Waals surface area contributed by atoms with E-state index >= 15 is 0 Å². The number of rotatable bonds is 9. The Morgan fingerprint density at radius 3 is 2.64 bits per heavy atom. The van der Waals surface area contributed by atoms with Gasteiger partial charge in [-0.15, -0.1) is 0 Å². The second-order valence-corrected chi connectivity index (χ2v) is 8.75. The molecule has 2 aromatic rings. The second-order valence-electron chi connectivity index (χ2n) is 8.75. The Kier molecular flexibility index (Phi) is 8.36. The molecular weight excluding hydrogens is 420 g/mol. The summed E-state index contributed by atoms with van der Waals surface area (Å²) in [5.41, 5.74) is 1.83. The summed E-state index contributed by atoms with van der Waals surface area (Å²) in [4.78, 5) is 14.3. The maximum absolute atomic E-state index is 10.0. The zero-order chi connectivity index (χ0) is 23.0. The Bertz CT molecular complexity index is 884. The van der Waals surface area contributed by atoms with E-state index in [1.807, 2.05) is 24.3 Å².